The van der Waals surface area contributed by atoms with E-state index in [0.29, 0.717) is 0 Å². The van der Waals surface area contributed by atoms with E-state index in [9.17, 15) is 9.18 Å². The molecule has 2 atom stereocenters. The molecule has 0 aromatic heterocycles. The quantitative estimate of drug-likeness (QED) is 0.895. The van der Waals surface area contributed by atoms with Gasteiger partial charge < -0.3 is 10.4 Å². The molecule has 1 aromatic carbocycles. The third-order valence-electron chi connectivity index (χ3n) is 3.88. The van der Waals surface area contributed by atoms with Crippen molar-refractivity contribution in [2.45, 2.75) is 38.4 Å². The molecular weight excluding hydrogens is 295 g/mol. The summed E-state index contributed by atoms with van der Waals surface area (Å²) in [5.41, 5.74) is 0.784. The van der Waals surface area contributed by atoms with Gasteiger partial charge in [-0.25, -0.2) is 4.39 Å². The van der Waals surface area contributed by atoms with E-state index in [1.165, 1.54) is 12.1 Å². The van der Waals surface area contributed by atoms with Crippen LogP contribution in [0.25, 0.3) is 0 Å². The molecule has 1 saturated heterocycles. The fraction of sp³-hybridized carbons (Fsp3) is 0.533. The van der Waals surface area contributed by atoms with Crippen LogP contribution in [0.15, 0.2) is 18.2 Å². The molecule has 2 rings (SSSR count). The Hall–Kier alpha value is -1.17. The highest BCUT2D eigenvalue weighted by Crippen LogP contribution is 2.35. The van der Waals surface area contributed by atoms with Crippen LogP contribution in [0, 0.1) is 5.82 Å². The molecule has 1 aliphatic rings. The second kappa shape index (κ2) is 6.73. The van der Waals surface area contributed by atoms with Crippen molar-refractivity contribution in [1.29, 1.82) is 0 Å². The van der Waals surface area contributed by atoms with Crippen molar-refractivity contribution in [2.75, 3.05) is 13.2 Å². The van der Waals surface area contributed by atoms with E-state index in [0.717, 1.165) is 18.5 Å². The van der Waals surface area contributed by atoms with Gasteiger partial charge >= 0.3 is 0 Å². The number of rotatable bonds is 4. The SMILES string of the molecule is CC(C)N1CC[C@@H](NC(=O)CO)[C@H]1c1ccc(Cl)c(F)c1. The highest BCUT2D eigenvalue weighted by Gasteiger charge is 2.37. The predicted octanol–water partition coefficient (Wildman–Crippen LogP) is 2.11. The van der Waals surface area contributed by atoms with Gasteiger partial charge in [-0.1, -0.05) is 17.7 Å². The number of halogens is 2. The van der Waals surface area contributed by atoms with Crippen LogP contribution in [0.5, 0.6) is 0 Å². The number of hydrogen-bond donors (Lipinski definition) is 2. The van der Waals surface area contributed by atoms with Gasteiger partial charge in [-0.15, -0.1) is 0 Å². The lowest BCUT2D eigenvalue weighted by Gasteiger charge is -2.32. The third kappa shape index (κ3) is 3.54. The van der Waals surface area contributed by atoms with Gasteiger partial charge in [0.05, 0.1) is 11.1 Å². The van der Waals surface area contributed by atoms with Gasteiger partial charge in [-0.3, -0.25) is 9.69 Å². The van der Waals surface area contributed by atoms with Crippen LogP contribution in [0.1, 0.15) is 31.9 Å². The van der Waals surface area contributed by atoms with Crippen molar-refractivity contribution in [3.05, 3.63) is 34.6 Å². The molecule has 116 valence electrons. The number of aliphatic hydroxyl groups is 1. The Labute approximate surface area is 128 Å². The molecule has 0 saturated carbocycles. The summed E-state index contributed by atoms with van der Waals surface area (Å²) in [4.78, 5) is 13.7. The Balaban J connectivity index is 2.31. The van der Waals surface area contributed by atoms with Gasteiger partial charge in [0.1, 0.15) is 12.4 Å². The van der Waals surface area contributed by atoms with Crippen molar-refractivity contribution < 1.29 is 14.3 Å². The van der Waals surface area contributed by atoms with E-state index >= 15 is 0 Å². The van der Waals surface area contributed by atoms with Crippen LogP contribution >= 0.6 is 11.6 Å². The average molecular weight is 315 g/mol. The smallest absolute Gasteiger partial charge is 0.245 e. The molecule has 0 radical (unpaired) electrons. The molecule has 1 amide bonds. The summed E-state index contributed by atoms with van der Waals surface area (Å²) in [6.45, 7) is 4.40. The summed E-state index contributed by atoms with van der Waals surface area (Å²) >= 11 is 5.74. The molecule has 1 fully saturated rings. The summed E-state index contributed by atoms with van der Waals surface area (Å²) in [6.07, 6.45) is 0.763. The topological polar surface area (TPSA) is 52.6 Å². The number of likely N-dealkylation sites (tertiary alicyclic amines) is 1. The van der Waals surface area contributed by atoms with Crippen molar-refractivity contribution in [3.63, 3.8) is 0 Å². The number of carbonyl (C=O) groups excluding carboxylic acids is 1. The average Bonchev–Trinajstić information content (AvgIpc) is 2.85. The van der Waals surface area contributed by atoms with Gasteiger partial charge in [0.25, 0.3) is 0 Å². The van der Waals surface area contributed by atoms with Crippen LogP contribution in [-0.2, 0) is 4.79 Å². The zero-order valence-corrected chi connectivity index (χ0v) is 12.9. The Bertz CT molecular complexity index is 524. The van der Waals surface area contributed by atoms with Gasteiger partial charge in [-0.2, -0.15) is 0 Å². The second-order valence-electron chi connectivity index (χ2n) is 5.57. The van der Waals surface area contributed by atoms with Crippen molar-refractivity contribution in [1.82, 2.24) is 10.2 Å². The second-order valence-corrected chi connectivity index (χ2v) is 5.98. The number of benzene rings is 1. The van der Waals surface area contributed by atoms with Crippen molar-refractivity contribution in [3.8, 4) is 0 Å². The molecule has 6 heteroatoms. The molecule has 21 heavy (non-hydrogen) atoms. The molecule has 0 bridgehead atoms. The first-order valence-electron chi connectivity index (χ1n) is 7.05. The molecule has 0 spiro atoms. The summed E-state index contributed by atoms with van der Waals surface area (Å²) < 4.78 is 13.7. The molecular formula is C15H20ClFN2O2. The highest BCUT2D eigenvalue weighted by atomic mass is 35.5. The summed E-state index contributed by atoms with van der Waals surface area (Å²) in [7, 11) is 0. The number of nitrogens with zero attached hydrogens (tertiary/aromatic N) is 1. The van der Waals surface area contributed by atoms with Crippen molar-refractivity contribution in [2.24, 2.45) is 0 Å². The van der Waals surface area contributed by atoms with Crippen LogP contribution < -0.4 is 5.32 Å². The predicted molar refractivity (Wildman–Crippen MR) is 79.6 cm³/mol. The first kappa shape index (κ1) is 16.2. The zero-order chi connectivity index (χ0) is 15.6. The summed E-state index contributed by atoms with van der Waals surface area (Å²) in [5, 5.41) is 11.8. The maximum atomic E-state index is 13.7. The monoisotopic (exact) mass is 314 g/mol. The van der Waals surface area contributed by atoms with E-state index in [1.807, 2.05) is 0 Å². The Kier molecular flexibility index (Phi) is 5.19. The fourth-order valence-corrected chi connectivity index (χ4v) is 3.04. The van der Waals surface area contributed by atoms with E-state index in [2.05, 4.69) is 24.1 Å². The zero-order valence-electron chi connectivity index (χ0n) is 12.1. The van der Waals surface area contributed by atoms with Gasteiger partial charge in [0.2, 0.25) is 5.91 Å². The van der Waals surface area contributed by atoms with Gasteiger partial charge in [-0.05, 0) is 38.0 Å². The summed E-state index contributed by atoms with van der Waals surface area (Å²) in [6, 6.07) is 4.75. The minimum atomic E-state index is -0.542. The number of amides is 1. The molecule has 2 N–H and O–H groups in total. The largest absolute Gasteiger partial charge is 0.387 e. The van der Waals surface area contributed by atoms with E-state index in [4.69, 9.17) is 16.7 Å². The van der Waals surface area contributed by atoms with E-state index in [1.54, 1.807) is 6.07 Å². The minimum Gasteiger partial charge on any atom is -0.387 e. The van der Waals surface area contributed by atoms with Crippen LogP contribution in [0.2, 0.25) is 5.02 Å². The van der Waals surface area contributed by atoms with Gasteiger partial charge in [0, 0.05) is 18.6 Å². The fourth-order valence-electron chi connectivity index (χ4n) is 2.92. The lowest BCUT2D eigenvalue weighted by atomic mass is 9.99. The van der Waals surface area contributed by atoms with Crippen LogP contribution in [0.4, 0.5) is 4.39 Å². The molecule has 0 aliphatic carbocycles. The Morgan fingerprint density at radius 1 is 1.57 bits per heavy atom. The third-order valence-corrected chi connectivity index (χ3v) is 4.18. The molecule has 4 nitrogen and oxygen atoms in total. The maximum absolute atomic E-state index is 13.7. The normalized spacial score (nSPS) is 22.8. The van der Waals surface area contributed by atoms with Gasteiger partial charge in [0.15, 0.2) is 0 Å². The number of nitrogens with one attached hydrogen (secondary N) is 1. The lowest BCUT2D eigenvalue weighted by Crippen LogP contribution is -2.42. The van der Waals surface area contributed by atoms with Crippen LogP contribution in [-0.4, -0.2) is 41.1 Å². The first-order chi connectivity index (χ1) is 9.93. The molecule has 0 unspecified atom stereocenters. The number of carbonyl (C=O) groups is 1. The maximum Gasteiger partial charge on any atom is 0.245 e. The Morgan fingerprint density at radius 3 is 2.86 bits per heavy atom. The molecule has 1 aliphatic heterocycles. The number of aliphatic hydroxyl groups excluding tert-OH is 1. The standard InChI is InChI=1S/C15H20ClFN2O2/c1-9(2)19-6-5-13(18-14(21)8-20)15(19)10-3-4-11(16)12(17)7-10/h3-4,7,9,13,15,20H,5-6,8H2,1-2H3,(H,18,21)/t13-,15-/m1/s1. The van der Waals surface area contributed by atoms with E-state index < -0.39 is 18.3 Å². The molecule has 1 aromatic rings. The van der Waals surface area contributed by atoms with E-state index in [-0.39, 0.29) is 23.1 Å². The Morgan fingerprint density at radius 2 is 2.29 bits per heavy atom. The number of hydrogen-bond acceptors (Lipinski definition) is 3. The lowest BCUT2D eigenvalue weighted by molar-refractivity contribution is -0.124. The molecule has 1 heterocycles. The van der Waals surface area contributed by atoms with Crippen LogP contribution in [0.3, 0.4) is 0 Å². The first-order valence-corrected chi connectivity index (χ1v) is 7.42. The summed E-state index contributed by atoms with van der Waals surface area (Å²) in [5.74, 6) is -0.873. The minimum absolute atomic E-state index is 0.0868. The van der Waals surface area contributed by atoms with Crippen molar-refractivity contribution >= 4 is 17.5 Å². The highest BCUT2D eigenvalue weighted by molar-refractivity contribution is 6.30.